The SMILES string of the molecule is NCC(c1cccc(O)c1)C1CCCNC1. The highest BCUT2D eigenvalue weighted by Crippen LogP contribution is 2.30. The molecular weight excluding hydrogens is 200 g/mol. The molecular formula is C13H20N2O. The molecule has 1 saturated heterocycles. The zero-order valence-electron chi connectivity index (χ0n) is 9.52. The summed E-state index contributed by atoms with van der Waals surface area (Å²) in [7, 11) is 0. The van der Waals surface area contributed by atoms with Crippen molar-refractivity contribution >= 4 is 0 Å². The quantitative estimate of drug-likeness (QED) is 0.722. The zero-order valence-corrected chi connectivity index (χ0v) is 9.52. The summed E-state index contributed by atoms with van der Waals surface area (Å²) in [5.74, 6) is 1.29. The molecule has 0 bridgehead atoms. The molecule has 1 aliphatic rings. The molecule has 3 nitrogen and oxygen atoms in total. The Kier molecular flexibility index (Phi) is 3.80. The minimum absolute atomic E-state index is 0.333. The summed E-state index contributed by atoms with van der Waals surface area (Å²) in [6.07, 6.45) is 2.45. The zero-order chi connectivity index (χ0) is 11.4. The van der Waals surface area contributed by atoms with Gasteiger partial charge in [-0.25, -0.2) is 0 Å². The summed E-state index contributed by atoms with van der Waals surface area (Å²) < 4.78 is 0. The number of phenols is 1. The van der Waals surface area contributed by atoms with Crippen molar-refractivity contribution < 1.29 is 5.11 Å². The highest BCUT2D eigenvalue weighted by atomic mass is 16.3. The van der Waals surface area contributed by atoms with Gasteiger partial charge in [0.15, 0.2) is 0 Å². The van der Waals surface area contributed by atoms with Gasteiger partial charge >= 0.3 is 0 Å². The number of phenolic OH excluding ortho intramolecular Hbond substituents is 1. The molecule has 1 fully saturated rings. The van der Waals surface area contributed by atoms with Gasteiger partial charge in [-0.2, -0.15) is 0 Å². The van der Waals surface area contributed by atoms with E-state index >= 15 is 0 Å². The van der Waals surface area contributed by atoms with Crippen LogP contribution in [-0.2, 0) is 0 Å². The summed E-state index contributed by atoms with van der Waals surface area (Å²) in [6, 6.07) is 7.50. The summed E-state index contributed by atoms with van der Waals surface area (Å²) in [4.78, 5) is 0. The van der Waals surface area contributed by atoms with Gasteiger partial charge in [0.2, 0.25) is 0 Å². The summed E-state index contributed by atoms with van der Waals surface area (Å²) >= 11 is 0. The Bertz CT molecular complexity index is 334. The monoisotopic (exact) mass is 220 g/mol. The topological polar surface area (TPSA) is 58.3 Å². The van der Waals surface area contributed by atoms with Crippen LogP contribution in [0.5, 0.6) is 5.75 Å². The summed E-state index contributed by atoms with van der Waals surface area (Å²) in [5, 5.41) is 12.9. The third-order valence-corrected chi connectivity index (χ3v) is 3.46. The first-order valence-electron chi connectivity index (χ1n) is 6.01. The molecule has 16 heavy (non-hydrogen) atoms. The first-order chi connectivity index (χ1) is 7.81. The number of piperidine rings is 1. The number of benzene rings is 1. The number of nitrogens with one attached hydrogen (secondary N) is 1. The van der Waals surface area contributed by atoms with Gasteiger partial charge in [-0.1, -0.05) is 12.1 Å². The van der Waals surface area contributed by atoms with Gasteiger partial charge in [0, 0.05) is 5.92 Å². The van der Waals surface area contributed by atoms with E-state index in [0.29, 0.717) is 24.1 Å². The van der Waals surface area contributed by atoms with Gasteiger partial charge in [0.25, 0.3) is 0 Å². The van der Waals surface area contributed by atoms with E-state index in [1.807, 2.05) is 12.1 Å². The minimum Gasteiger partial charge on any atom is -0.508 e. The average Bonchev–Trinajstić information content (AvgIpc) is 2.31. The summed E-state index contributed by atoms with van der Waals surface area (Å²) in [6.45, 7) is 2.81. The van der Waals surface area contributed by atoms with E-state index in [1.165, 1.54) is 12.8 Å². The van der Waals surface area contributed by atoms with E-state index < -0.39 is 0 Å². The van der Waals surface area contributed by atoms with Crippen molar-refractivity contribution in [3.63, 3.8) is 0 Å². The minimum atomic E-state index is 0.333. The molecule has 2 atom stereocenters. The molecule has 0 aliphatic carbocycles. The Morgan fingerprint density at radius 3 is 3.00 bits per heavy atom. The van der Waals surface area contributed by atoms with E-state index in [0.717, 1.165) is 18.7 Å². The maximum atomic E-state index is 9.50. The molecule has 1 aliphatic heterocycles. The molecule has 0 radical (unpaired) electrons. The van der Waals surface area contributed by atoms with Crippen LogP contribution in [0.15, 0.2) is 24.3 Å². The molecule has 0 amide bonds. The smallest absolute Gasteiger partial charge is 0.115 e. The second-order valence-electron chi connectivity index (χ2n) is 4.54. The Balaban J connectivity index is 2.14. The standard InChI is InChI=1S/C13H20N2O/c14-8-13(11-4-2-6-15-9-11)10-3-1-5-12(16)7-10/h1,3,5,7,11,13,15-16H,2,4,6,8-9,14H2. The molecule has 88 valence electrons. The van der Waals surface area contributed by atoms with Gasteiger partial charge in [-0.3, -0.25) is 0 Å². The average molecular weight is 220 g/mol. The summed E-state index contributed by atoms with van der Waals surface area (Å²) in [5.41, 5.74) is 7.04. The normalized spacial score (nSPS) is 22.9. The highest BCUT2D eigenvalue weighted by molar-refractivity contribution is 5.30. The lowest BCUT2D eigenvalue weighted by molar-refractivity contribution is 0.325. The number of hydrogen-bond acceptors (Lipinski definition) is 3. The number of hydrogen-bond donors (Lipinski definition) is 3. The maximum Gasteiger partial charge on any atom is 0.115 e. The first kappa shape index (κ1) is 11.4. The first-order valence-corrected chi connectivity index (χ1v) is 6.01. The van der Waals surface area contributed by atoms with E-state index in [2.05, 4.69) is 11.4 Å². The number of rotatable bonds is 3. The van der Waals surface area contributed by atoms with Gasteiger partial charge < -0.3 is 16.2 Å². The predicted molar refractivity (Wildman–Crippen MR) is 65.5 cm³/mol. The fraction of sp³-hybridized carbons (Fsp3) is 0.538. The van der Waals surface area contributed by atoms with Crippen molar-refractivity contribution in [3.8, 4) is 5.75 Å². The maximum absolute atomic E-state index is 9.50. The largest absolute Gasteiger partial charge is 0.508 e. The Morgan fingerprint density at radius 1 is 1.50 bits per heavy atom. The lowest BCUT2D eigenvalue weighted by Crippen LogP contribution is -2.35. The Morgan fingerprint density at radius 2 is 2.38 bits per heavy atom. The third kappa shape index (κ3) is 2.54. The fourth-order valence-electron chi connectivity index (χ4n) is 2.58. The van der Waals surface area contributed by atoms with E-state index in [9.17, 15) is 5.11 Å². The van der Waals surface area contributed by atoms with Gasteiger partial charge in [0.1, 0.15) is 5.75 Å². The molecule has 4 N–H and O–H groups in total. The molecule has 0 aromatic heterocycles. The van der Waals surface area contributed by atoms with Gasteiger partial charge in [0.05, 0.1) is 0 Å². The molecule has 3 heteroatoms. The second-order valence-corrected chi connectivity index (χ2v) is 4.54. The van der Waals surface area contributed by atoms with Crippen molar-refractivity contribution in [1.29, 1.82) is 0 Å². The number of aromatic hydroxyl groups is 1. The van der Waals surface area contributed by atoms with Crippen LogP contribution in [0.1, 0.15) is 24.3 Å². The fourth-order valence-corrected chi connectivity index (χ4v) is 2.58. The van der Waals surface area contributed by atoms with E-state index in [-0.39, 0.29) is 0 Å². The van der Waals surface area contributed by atoms with Crippen molar-refractivity contribution in [2.75, 3.05) is 19.6 Å². The van der Waals surface area contributed by atoms with Gasteiger partial charge in [-0.05, 0) is 56.1 Å². The molecule has 2 unspecified atom stereocenters. The lowest BCUT2D eigenvalue weighted by Gasteiger charge is -2.30. The van der Waals surface area contributed by atoms with Gasteiger partial charge in [-0.15, -0.1) is 0 Å². The molecule has 1 heterocycles. The lowest BCUT2D eigenvalue weighted by atomic mass is 9.81. The third-order valence-electron chi connectivity index (χ3n) is 3.46. The van der Waals surface area contributed by atoms with E-state index in [1.54, 1.807) is 6.07 Å². The van der Waals surface area contributed by atoms with Crippen LogP contribution in [0, 0.1) is 5.92 Å². The van der Waals surface area contributed by atoms with Crippen LogP contribution in [0.25, 0.3) is 0 Å². The predicted octanol–water partition coefficient (Wildman–Crippen LogP) is 1.43. The van der Waals surface area contributed by atoms with Crippen LogP contribution in [0.4, 0.5) is 0 Å². The van der Waals surface area contributed by atoms with Crippen molar-refractivity contribution in [2.45, 2.75) is 18.8 Å². The molecule has 0 spiro atoms. The highest BCUT2D eigenvalue weighted by Gasteiger charge is 2.23. The molecule has 1 aromatic rings. The Hall–Kier alpha value is -1.06. The van der Waals surface area contributed by atoms with Crippen molar-refractivity contribution in [1.82, 2.24) is 5.32 Å². The second kappa shape index (κ2) is 5.32. The van der Waals surface area contributed by atoms with Crippen LogP contribution >= 0.6 is 0 Å². The van der Waals surface area contributed by atoms with Crippen LogP contribution < -0.4 is 11.1 Å². The molecule has 1 aromatic carbocycles. The molecule has 0 saturated carbocycles. The molecule has 2 rings (SSSR count). The Labute approximate surface area is 96.7 Å². The van der Waals surface area contributed by atoms with Crippen molar-refractivity contribution in [2.24, 2.45) is 11.7 Å². The van der Waals surface area contributed by atoms with Crippen molar-refractivity contribution in [3.05, 3.63) is 29.8 Å². The van der Waals surface area contributed by atoms with E-state index in [4.69, 9.17) is 5.73 Å². The number of nitrogens with two attached hydrogens (primary N) is 1. The van der Waals surface area contributed by atoms with Crippen LogP contribution in [0.3, 0.4) is 0 Å². The van der Waals surface area contributed by atoms with Crippen LogP contribution in [-0.4, -0.2) is 24.7 Å². The van der Waals surface area contributed by atoms with Crippen LogP contribution in [0.2, 0.25) is 0 Å².